The molecule has 0 saturated heterocycles. The third-order valence-electron chi connectivity index (χ3n) is 2.67. The molecule has 0 bridgehead atoms. The molecular formula is C15H20N2OS. The molecule has 0 saturated carbocycles. The van der Waals surface area contributed by atoms with Gasteiger partial charge in [-0.2, -0.15) is 0 Å². The fraction of sp³-hybridized carbons (Fsp3) is 0.400. The Morgan fingerprint density at radius 1 is 1.32 bits per heavy atom. The van der Waals surface area contributed by atoms with Crippen LogP contribution in [0.2, 0.25) is 0 Å². The fourth-order valence-electron chi connectivity index (χ4n) is 1.66. The molecule has 102 valence electrons. The second kappa shape index (κ2) is 5.80. The predicted molar refractivity (Wildman–Crippen MR) is 78.4 cm³/mol. The molecule has 4 heteroatoms. The highest BCUT2D eigenvalue weighted by molar-refractivity contribution is 7.99. The first-order valence-corrected chi connectivity index (χ1v) is 7.17. The van der Waals surface area contributed by atoms with Crippen molar-refractivity contribution in [3.8, 4) is 0 Å². The zero-order chi connectivity index (χ0) is 13.9. The smallest absolute Gasteiger partial charge is 0.260 e. The van der Waals surface area contributed by atoms with E-state index in [-0.39, 0.29) is 5.54 Å². The van der Waals surface area contributed by atoms with Gasteiger partial charge in [0.15, 0.2) is 0 Å². The van der Waals surface area contributed by atoms with Crippen molar-refractivity contribution in [2.24, 2.45) is 0 Å². The molecule has 0 radical (unpaired) electrons. The molecule has 1 heterocycles. The molecule has 19 heavy (non-hydrogen) atoms. The van der Waals surface area contributed by atoms with Gasteiger partial charge in [-0.05, 0) is 56.7 Å². The van der Waals surface area contributed by atoms with Crippen molar-refractivity contribution in [1.82, 2.24) is 10.3 Å². The largest absolute Gasteiger partial charge is 0.440 e. The third-order valence-corrected chi connectivity index (χ3v) is 3.72. The summed E-state index contributed by atoms with van der Waals surface area (Å²) in [5.41, 5.74) is 2.68. The van der Waals surface area contributed by atoms with Crippen LogP contribution in [-0.4, -0.2) is 10.5 Å². The number of oxazole rings is 1. The number of nitrogens with zero attached hydrogens (tertiary/aromatic N) is 1. The first-order chi connectivity index (χ1) is 8.94. The number of hydrogen-bond donors (Lipinski definition) is 1. The maximum atomic E-state index is 5.25. The minimum Gasteiger partial charge on any atom is -0.440 e. The summed E-state index contributed by atoms with van der Waals surface area (Å²) in [5, 5.41) is 4.18. The molecule has 1 N–H and O–H groups in total. The molecule has 0 atom stereocenters. The highest BCUT2D eigenvalue weighted by atomic mass is 32.2. The number of hydrogen-bond acceptors (Lipinski definition) is 4. The molecule has 0 aliphatic heterocycles. The van der Waals surface area contributed by atoms with Crippen molar-refractivity contribution in [2.45, 2.75) is 49.9 Å². The quantitative estimate of drug-likeness (QED) is 0.915. The van der Waals surface area contributed by atoms with Crippen molar-refractivity contribution in [2.75, 3.05) is 0 Å². The van der Waals surface area contributed by atoms with Crippen LogP contribution in [0, 0.1) is 6.92 Å². The molecule has 0 aliphatic carbocycles. The van der Waals surface area contributed by atoms with Gasteiger partial charge in [0.1, 0.15) is 6.26 Å². The minimum absolute atomic E-state index is 0.138. The monoisotopic (exact) mass is 276 g/mol. The van der Waals surface area contributed by atoms with Gasteiger partial charge >= 0.3 is 0 Å². The van der Waals surface area contributed by atoms with Crippen molar-refractivity contribution in [3.63, 3.8) is 0 Å². The van der Waals surface area contributed by atoms with E-state index >= 15 is 0 Å². The lowest BCUT2D eigenvalue weighted by atomic mass is 10.1. The summed E-state index contributed by atoms with van der Waals surface area (Å²) in [4.78, 5) is 5.31. The number of nitrogens with one attached hydrogen (secondary N) is 1. The van der Waals surface area contributed by atoms with E-state index in [4.69, 9.17) is 4.42 Å². The van der Waals surface area contributed by atoms with Crippen LogP contribution in [-0.2, 0) is 6.54 Å². The second-order valence-electron chi connectivity index (χ2n) is 5.60. The number of aryl methyl sites for hydroxylation is 1. The number of aromatic nitrogens is 1. The Morgan fingerprint density at radius 2 is 2.11 bits per heavy atom. The van der Waals surface area contributed by atoms with Crippen LogP contribution in [0.25, 0.3) is 0 Å². The van der Waals surface area contributed by atoms with Crippen LogP contribution in [0.5, 0.6) is 0 Å². The van der Waals surface area contributed by atoms with E-state index < -0.39 is 0 Å². The summed E-state index contributed by atoms with van der Waals surface area (Å²) in [6.45, 7) is 9.52. The normalized spacial score (nSPS) is 11.8. The van der Waals surface area contributed by atoms with Crippen LogP contribution in [0.1, 0.15) is 31.9 Å². The summed E-state index contributed by atoms with van der Waals surface area (Å²) < 4.78 is 5.25. The molecule has 2 rings (SSSR count). The molecule has 1 aromatic heterocycles. The average Bonchev–Trinajstić information content (AvgIpc) is 2.81. The third kappa shape index (κ3) is 4.40. The molecule has 0 amide bonds. The average molecular weight is 276 g/mol. The fourth-order valence-corrected chi connectivity index (χ4v) is 2.42. The van der Waals surface area contributed by atoms with Gasteiger partial charge in [0.05, 0.1) is 6.20 Å². The molecule has 0 unspecified atom stereocenters. The zero-order valence-electron chi connectivity index (χ0n) is 11.9. The Bertz CT molecular complexity index is 530. The molecule has 3 nitrogen and oxygen atoms in total. The Morgan fingerprint density at radius 3 is 2.68 bits per heavy atom. The SMILES string of the molecule is Cc1cc(CNC(C)(C)C)ccc1Sc1ncco1. The van der Waals surface area contributed by atoms with E-state index in [1.165, 1.54) is 16.0 Å². The number of rotatable bonds is 4. The second-order valence-corrected chi connectivity index (χ2v) is 6.60. The van der Waals surface area contributed by atoms with Gasteiger partial charge in [0.2, 0.25) is 0 Å². The highest BCUT2D eigenvalue weighted by Crippen LogP contribution is 2.29. The maximum absolute atomic E-state index is 5.25. The Labute approximate surface area is 118 Å². The van der Waals surface area contributed by atoms with E-state index in [1.807, 2.05) is 0 Å². The van der Waals surface area contributed by atoms with E-state index in [0.29, 0.717) is 5.22 Å². The summed E-state index contributed by atoms with van der Waals surface area (Å²) in [5.74, 6) is 0. The van der Waals surface area contributed by atoms with Gasteiger partial charge in [0, 0.05) is 17.0 Å². The van der Waals surface area contributed by atoms with E-state index in [0.717, 1.165) is 6.54 Å². The van der Waals surface area contributed by atoms with E-state index in [1.54, 1.807) is 24.2 Å². The topological polar surface area (TPSA) is 38.1 Å². The Hall–Kier alpha value is -1.26. The molecule has 1 aromatic carbocycles. The number of benzene rings is 1. The van der Waals surface area contributed by atoms with Crippen LogP contribution in [0.3, 0.4) is 0 Å². The molecular weight excluding hydrogens is 256 g/mol. The van der Waals surface area contributed by atoms with Crippen LogP contribution in [0.15, 0.2) is 45.2 Å². The standard InChI is InChI=1S/C15H20N2OS/c1-11-9-12(10-17-15(2,3)4)5-6-13(11)19-14-16-7-8-18-14/h5-9,17H,10H2,1-4H3. The van der Waals surface area contributed by atoms with Gasteiger partial charge in [-0.1, -0.05) is 12.1 Å². The van der Waals surface area contributed by atoms with Crippen molar-refractivity contribution in [1.29, 1.82) is 0 Å². The van der Waals surface area contributed by atoms with Crippen molar-refractivity contribution >= 4 is 11.8 Å². The molecule has 0 fully saturated rings. The summed E-state index contributed by atoms with van der Waals surface area (Å²) in [6.07, 6.45) is 3.26. The summed E-state index contributed by atoms with van der Waals surface area (Å²) in [6, 6.07) is 6.49. The summed E-state index contributed by atoms with van der Waals surface area (Å²) >= 11 is 1.56. The lowest BCUT2D eigenvalue weighted by molar-refractivity contribution is 0.424. The first-order valence-electron chi connectivity index (χ1n) is 6.36. The van der Waals surface area contributed by atoms with Crippen molar-refractivity contribution in [3.05, 3.63) is 41.8 Å². The van der Waals surface area contributed by atoms with E-state index in [9.17, 15) is 0 Å². The Balaban J connectivity index is 2.05. The predicted octanol–water partition coefficient (Wildman–Crippen LogP) is 4.02. The Kier molecular flexibility index (Phi) is 4.32. The highest BCUT2D eigenvalue weighted by Gasteiger charge is 2.10. The van der Waals surface area contributed by atoms with E-state index in [2.05, 4.69) is 56.2 Å². The minimum atomic E-state index is 0.138. The van der Waals surface area contributed by atoms with Crippen molar-refractivity contribution < 1.29 is 4.42 Å². The maximum Gasteiger partial charge on any atom is 0.260 e. The van der Waals surface area contributed by atoms with Gasteiger partial charge in [-0.3, -0.25) is 0 Å². The van der Waals surface area contributed by atoms with Gasteiger partial charge in [0.25, 0.3) is 5.22 Å². The zero-order valence-corrected chi connectivity index (χ0v) is 12.7. The molecule has 0 aliphatic rings. The molecule has 2 aromatic rings. The molecule has 0 spiro atoms. The van der Waals surface area contributed by atoms with Crippen LogP contribution in [0.4, 0.5) is 0 Å². The van der Waals surface area contributed by atoms with Gasteiger partial charge < -0.3 is 9.73 Å². The van der Waals surface area contributed by atoms with Crippen LogP contribution >= 0.6 is 11.8 Å². The summed E-state index contributed by atoms with van der Waals surface area (Å²) in [7, 11) is 0. The first kappa shape index (κ1) is 14.2. The lowest BCUT2D eigenvalue weighted by Gasteiger charge is -2.20. The van der Waals surface area contributed by atoms with Crippen LogP contribution < -0.4 is 5.32 Å². The van der Waals surface area contributed by atoms with Gasteiger partial charge in [-0.15, -0.1) is 0 Å². The van der Waals surface area contributed by atoms with Gasteiger partial charge in [-0.25, -0.2) is 4.98 Å². The lowest BCUT2D eigenvalue weighted by Crippen LogP contribution is -2.35.